The number of halogens is 1. The van der Waals surface area contributed by atoms with Crippen LogP contribution in [0.4, 0.5) is 17.3 Å². The van der Waals surface area contributed by atoms with Crippen LogP contribution >= 0.6 is 15.9 Å². The van der Waals surface area contributed by atoms with Crippen LogP contribution in [0.2, 0.25) is 0 Å². The third-order valence-electron chi connectivity index (χ3n) is 8.54. The average Bonchev–Trinajstić information content (AvgIpc) is 3.33. The lowest BCUT2D eigenvalue weighted by Gasteiger charge is -2.45. The van der Waals surface area contributed by atoms with Crippen molar-refractivity contribution in [3.05, 3.63) is 86.7 Å². The van der Waals surface area contributed by atoms with Crippen molar-refractivity contribution in [3.8, 4) is 11.1 Å². The van der Waals surface area contributed by atoms with Crippen molar-refractivity contribution in [1.82, 2.24) is 0 Å². The second-order valence-electron chi connectivity index (χ2n) is 11.0. The second kappa shape index (κ2) is 8.91. The van der Waals surface area contributed by atoms with E-state index >= 15 is 0 Å². The number of hydrogen-bond acceptors (Lipinski definition) is 6. The van der Waals surface area contributed by atoms with E-state index in [9.17, 15) is 4.79 Å². The lowest BCUT2D eigenvalue weighted by molar-refractivity contribution is 0.453. The minimum Gasteiger partial charge on any atom is -0.439 e. The first kappa shape index (κ1) is 23.2. The van der Waals surface area contributed by atoms with Crippen molar-refractivity contribution in [2.45, 2.75) is 51.2 Å². The summed E-state index contributed by atoms with van der Waals surface area (Å²) in [7, 11) is 0. The van der Waals surface area contributed by atoms with Crippen molar-refractivity contribution in [1.29, 1.82) is 0 Å². The van der Waals surface area contributed by atoms with Gasteiger partial charge in [-0.05, 0) is 72.0 Å². The summed E-state index contributed by atoms with van der Waals surface area (Å²) in [4.78, 5) is 18.3. The SMILES string of the molecule is O=c1oc2ccccc2c2oc(NC3CCCCC3)c(-c3ccc4c(c3)CN3CN4Cc4cc(Br)ccc43)c12. The predicted molar refractivity (Wildman–Crippen MR) is 160 cm³/mol. The molecule has 6 nitrogen and oxygen atoms in total. The van der Waals surface area contributed by atoms with Gasteiger partial charge in [0.25, 0.3) is 0 Å². The topological polar surface area (TPSA) is 61.9 Å². The Kier molecular flexibility index (Phi) is 5.30. The molecular weight excluding hydrogens is 554 g/mol. The third-order valence-corrected chi connectivity index (χ3v) is 9.04. The molecule has 0 spiro atoms. The number of nitrogens with zero attached hydrogens (tertiary/aromatic N) is 2. The standard InChI is InChI=1S/C32H28BrN3O3/c33-22-11-13-26-21(15-22)17-36-18-35(26)16-20-14-19(10-12-25(20)36)28-29-30(24-8-4-5-9-27(24)38-32(29)37)39-31(28)34-23-6-2-1-3-7-23/h4-5,8-15,23,34H,1-3,6-7,16-18H2. The molecule has 5 aromatic rings. The first-order chi connectivity index (χ1) is 19.1. The Labute approximate surface area is 234 Å². The molecule has 39 heavy (non-hydrogen) atoms. The number of benzene rings is 3. The van der Waals surface area contributed by atoms with E-state index in [1.165, 1.54) is 41.8 Å². The van der Waals surface area contributed by atoms with Gasteiger partial charge in [-0.3, -0.25) is 0 Å². The Morgan fingerprint density at radius 1 is 0.846 bits per heavy atom. The van der Waals surface area contributed by atoms with Crippen LogP contribution in [-0.2, 0) is 13.1 Å². The third kappa shape index (κ3) is 3.78. The van der Waals surface area contributed by atoms with Gasteiger partial charge >= 0.3 is 5.63 Å². The molecule has 0 unspecified atom stereocenters. The van der Waals surface area contributed by atoms with Gasteiger partial charge in [0, 0.05) is 35.0 Å². The summed E-state index contributed by atoms with van der Waals surface area (Å²) in [5.41, 5.74) is 7.67. The Balaban J connectivity index is 1.28. The summed E-state index contributed by atoms with van der Waals surface area (Å²) in [6.07, 6.45) is 5.91. The zero-order valence-electron chi connectivity index (χ0n) is 21.5. The van der Waals surface area contributed by atoms with E-state index in [2.05, 4.69) is 67.4 Å². The fraction of sp³-hybridized carbons (Fsp3) is 0.281. The first-order valence-corrected chi connectivity index (χ1v) is 14.6. The van der Waals surface area contributed by atoms with E-state index in [-0.39, 0.29) is 5.63 Å². The Bertz CT molecular complexity index is 1820. The van der Waals surface area contributed by atoms with Gasteiger partial charge in [0.2, 0.25) is 5.88 Å². The van der Waals surface area contributed by atoms with Crippen molar-refractivity contribution >= 4 is 55.1 Å². The van der Waals surface area contributed by atoms with E-state index in [1.54, 1.807) is 0 Å². The fourth-order valence-electron chi connectivity index (χ4n) is 6.72. The minimum atomic E-state index is -0.360. The molecule has 1 saturated carbocycles. The molecule has 0 radical (unpaired) electrons. The zero-order chi connectivity index (χ0) is 26.1. The van der Waals surface area contributed by atoms with Crippen LogP contribution in [0.5, 0.6) is 0 Å². The monoisotopic (exact) mass is 581 g/mol. The second-order valence-corrected chi connectivity index (χ2v) is 11.9. The molecule has 3 aliphatic rings. The van der Waals surface area contributed by atoms with Gasteiger partial charge in [0.15, 0.2) is 5.58 Å². The van der Waals surface area contributed by atoms with Crippen LogP contribution in [0, 0.1) is 0 Å². The van der Waals surface area contributed by atoms with Crippen molar-refractivity contribution in [2.75, 3.05) is 21.8 Å². The van der Waals surface area contributed by atoms with Crippen LogP contribution in [-0.4, -0.2) is 12.7 Å². The molecule has 4 heterocycles. The van der Waals surface area contributed by atoms with E-state index in [0.29, 0.717) is 28.5 Å². The Morgan fingerprint density at radius 2 is 1.59 bits per heavy atom. The number of para-hydroxylation sites is 1. The maximum Gasteiger partial charge on any atom is 0.348 e. The summed E-state index contributed by atoms with van der Waals surface area (Å²) in [5.74, 6) is 0.673. The quantitative estimate of drug-likeness (QED) is 0.218. The Hall–Kier alpha value is -3.71. The molecule has 0 amide bonds. The number of rotatable bonds is 3. The summed E-state index contributed by atoms with van der Waals surface area (Å²) in [6.45, 7) is 2.56. The molecule has 8 rings (SSSR count). The van der Waals surface area contributed by atoms with E-state index in [4.69, 9.17) is 8.83 Å². The van der Waals surface area contributed by atoms with Crippen LogP contribution in [0.1, 0.15) is 43.2 Å². The summed E-state index contributed by atoms with van der Waals surface area (Å²) < 4.78 is 13.4. The molecule has 2 bridgehead atoms. The first-order valence-electron chi connectivity index (χ1n) is 13.8. The average molecular weight is 582 g/mol. The van der Waals surface area contributed by atoms with Gasteiger partial charge in [0.1, 0.15) is 11.0 Å². The molecule has 1 N–H and O–H groups in total. The van der Waals surface area contributed by atoms with Gasteiger partial charge in [-0.25, -0.2) is 4.79 Å². The highest BCUT2D eigenvalue weighted by Gasteiger charge is 2.31. The lowest BCUT2D eigenvalue weighted by atomic mass is 9.94. The molecule has 3 aromatic carbocycles. The smallest absolute Gasteiger partial charge is 0.348 e. The molecule has 1 aliphatic carbocycles. The summed E-state index contributed by atoms with van der Waals surface area (Å²) in [5, 5.41) is 5.02. The number of hydrogen-bond donors (Lipinski definition) is 1. The molecule has 2 aromatic heterocycles. The van der Waals surface area contributed by atoms with Crippen molar-refractivity contribution < 1.29 is 8.83 Å². The predicted octanol–water partition coefficient (Wildman–Crippen LogP) is 8.01. The van der Waals surface area contributed by atoms with Crippen LogP contribution < -0.4 is 20.7 Å². The maximum atomic E-state index is 13.4. The number of fused-ring (bicyclic) bond motifs is 9. The lowest BCUT2D eigenvalue weighted by Crippen LogP contribution is -2.46. The maximum absolute atomic E-state index is 13.4. The van der Waals surface area contributed by atoms with E-state index < -0.39 is 0 Å². The molecular formula is C32H28BrN3O3. The van der Waals surface area contributed by atoms with Gasteiger partial charge in [-0.1, -0.05) is 53.4 Å². The summed E-state index contributed by atoms with van der Waals surface area (Å²) >= 11 is 3.63. The molecule has 196 valence electrons. The van der Waals surface area contributed by atoms with Crippen LogP contribution in [0.15, 0.2) is 78.8 Å². The van der Waals surface area contributed by atoms with Crippen LogP contribution in [0.25, 0.3) is 33.1 Å². The highest BCUT2D eigenvalue weighted by atomic mass is 79.9. The highest BCUT2D eigenvalue weighted by molar-refractivity contribution is 9.10. The number of furan rings is 1. The van der Waals surface area contributed by atoms with Crippen LogP contribution in [0.3, 0.4) is 0 Å². The number of anilines is 3. The minimum absolute atomic E-state index is 0.335. The number of nitrogens with one attached hydrogen (secondary N) is 1. The normalized spacial score (nSPS) is 16.9. The fourth-order valence-corrected chi connectivity index (χ4v) is 7.13. The summed E-state index contributed by atoms with van der Waals surface area (Å²) in [6, 6.07) is 21.1. The molecule has 0 atom stereocenters. The largest absolute Gasteiger partial charge is 0.439 e. The van der Waals surface area contributed by atoms with E-state index in [0.717, 1.165) is 53.6 Å². The molecule has 1 fully saturated rings. The van der Waals surface area contributed by atoms with Crippen molar-refractivity contribution in [2.24, 2.45) is 0 Å². The molecule has 2 aliphatic heterocycles. The van der Waals surface area contributed by atoms with Crippen molar-refractivity contribution in [3.63, 3.8) is 0 Å². The highest BCUT2D eigenvalue weighted by Crippen LogP contribution is 2.44. The van der Waals surface area contributed by atoms with Gasteiger partial charge < -0.3 is 24.0 Å². The molecule has 7 heteroatoms. The van der Waals surface area contributed by atoms with E-state index in [1.807, 2.05) is 24.3 Å². The van der Waals surface area contributed by atoms with Gasteiger partial charge in [0.05, 0.1) is 17.6 Å². The van der Waals surface area contributed by atoms with Gasteiger partial charge in [-0.2, -0.15) is 0 Å². The zero-order valence-corrected chi connectivity index (χ0v) is 23.1. The van der Waals surface area contributed by atoms with Gasteiger partial charge in [-0.15, -0.1) is 0 Å². The molecule has 0 saturated heterocycles. The Morgan fingerprint density at radius 3 is 2.41 bits per heavy atom.